The lowest BCUT2D eigenvalue weighted by Gasteiger charge is -2.11. The Kier molecular flexibility index (Phi) is 8.45. The van der Waals surface area contributed by atoms with E-state index in [-0.39, 0.29) is 0 Å². The summed E-state index contributed by atoms with van der Waals surface area (Å²) in [5.41, 5.74) is 13.8. The monoisotopic (exact) mass is 753 g/mol. The fourth-order valence-electron chi connectivity index (χ4n) is 8.20. The molecule has 0 bridgehead atoms. The van der Waals surface area contributed by atoms with Gasteiger partial charge in [0.25, 0.3) is 0 Å². The molecule has 0 fully saturated rings. The van der Waals surface area contributed by atoms with Crippen LogP contribution in [-0.4, -0.2) is 15.0 Å². The van der Waals surface area contributed by atoms with Gasteiger partial charge in [0, 0.05) is 32.8 Å². The highest BCUT2D eigenvalue weighted by molar-refractivity contribution is 6.19. The van der Waals surface area contributed by atoms with Gasteiger partial charge in [0.15, 0.2) is 17.5 Å². The van der Waals surface area contributed by atoms with Gasteiger partial charge in [-0.1, -0.05) is 194 Å². The average Bonchev–Trinajstić information content (AvgIpc) is 3.70. The highest BCUT2D eigenvalue weighted by Gasteiger charge is 2.18. The van der Waals surface area contributed by atoms with Crippen LogP contribution in [0.25, 0.3) is 111 Å². The van der Waals surface area contributed by atoms with E-state index >= 15 is 0 Å². The van der Waals surface area contributed by atoms with Gasteiger partial charge in [0.2, 0.25) is 0 Å². The molecule has 0 aliphatic carbocycles. The zero-order chi connectivity index (χ0) is 39.1. The molecule has 11 rings (SSSR count). The summed E-state index contributed by atoms with van der Waals surface area (Å²) in [6, 6.07) is 74.0. The Balaban J connectivity index is 0.987. The molecule has 0 spiro atoms. The molecule has 0 saturated carbocycles. The molecule has 0 aliphatic heterocycles. The van der Waals surface area contributed by atoms with Gasteiger partial charge in [-0.05, 0) is 68.1 Å². The van der Waals surface area contributed by atoms with E-state index in [0.29, 0.717) is 17.5 Å². The standard InChI is InChI=1S/C55H35N3O/c1-4-14-36(15-5-1)37-24-28-41(29-25-37)54-56-53(40-18-8-3-9-19-40)57-55(58-54)42-30-26-39(27-31-42)49-35-50-47-33-32-43(34-51(47)59-52(50)48-23-13-12-22-46(48)49)45-21-11-10-20-44(45)38-16-6-2-7-17-38/h1-35H. The number of aromatic nitrogens is 3. The maximum Gasteiger partial charge on any atom is 0.164 e. The molecular formula is C55H35N3O. The fraction of sp³-hybridized carbons (Fsp3) is 0. The normalized spacial score (nSPS) is 11.4. The number of fused-ring (bicyclic) bond motifs is 5. The van der Waals surface area contributed by atoms with E-state index in [4.69, 9.17) is 19.4 Å². The van der Waals surface area contributed by atoms with Crippen LogP contribution in [0.2, 0.25) is 0 Å². The molecule has 0 atom stereocenters. The quantitative estimate of drug-likeness (QED) is 0.163. The first-order valence-corrected chi connectivity index (χ1v) is 19.8. The smallest absolute Gasteiger partial charge is 0.164 e. The maximum absolute atomic E-state index is 6.74. The van der Waals surface area contributed by atoms with Crippen molar-refractivity contribution in [2.24, 2.45) is 0 Å². The number of nitrogens with zero attached hydrogens (tertiary/aromatic N) is 3. The van der Waals surface area contributed by atoms with Gasteiger partial charge in [-0.3, -0.25) is 0 Å². The minimum Gasteiger partial charge on any atom is -0.455 e. The van der Waals surface area contributed by atoms with E-state index in [9.17, 15) is 0 Å². The third-order valence-corrected chi connectivity index (χ3v) is 11.2. The number of hydrogen-bond donors (Lipinski definition) is 0. The fourth-order valence-corrected chi connectivity index (χ4v) is 8.20. The van der Waals surface area contributed by atoms with E-state index in [0.717, 1.165) is 71.7 Å². The molecule has 0 radical (unpaired) electrons. The zero-order valence-electron chi connectivity index (χ0n) is 32.0. The van der Waals surface area contributed by atoms with Crippen LogP contribution in [0.3, 0.4) is 0 Å². The van der Waals surface area contributed by atoms with Crippen LogP contribution in [0.4, 0.5) is 0 Å². The molecule has 0 N–H and O–H groups in total. The summed E-state index contributed by atoms with van der Waals surface area (Å²) in [6.45, 7) is 0. The highest BCUT2D eigenvalue weighted by atomic mass is 16.3. The Morgan fingerprint density at radius 2 is 0.661 bits per heavy atom. The lowest BCUT2D eigenvalue weighted by Crippen LogP contribution is -2.00. The van der Waals surface area contributed by atoms with E-state index in [1.165, 1.54) is 22.3 Å². The summed E-state index contributed by atoms with van der Waals surface area (Å²) in [5.74, 6) is 1.89. The summed E-state index contributed by atoms with van der Waals surface area (Å²) in [7, 11) is 0. The molecule has 2 heterocycles. The summed E-state index contributed by atoms with van der Waals surface area (Å²) >= 11 is 0. The third-order valence-electron chi connectivity index (χ3n) is 11.2. The summed E-state index contributed by atoms with van der Waals surface area (Å²) in [6.07, 6.45) is 0. The topological polar surface area (TPSA) is 51.8 Å². The number of hydrogen-bond acceptors (Lipinski definition) is 4. The second-order valence-corrected chi connectivity index (χ2v) is 14.8. The molecular weight excluding hydrogens is 719 g/mol. The Bertz CT molecular complexity index is 3280. The molecule has 4 heteroatoms. The van der Waals surface area contributed by atoms with E-state index in [2.05, 4.69) is 176 Å². The van der Waals surface area contributed by atoms with Gasteiger partial charge < -0.3 is 4.42 Å². The molecule has 4 nitrogen and oxygen atoms in total. The SMILES string of the molecule is c1ccc(-c2ccc(-c3nc(-c4ccccc4)nc(-c4ccc(-c5cc6c7ccc(-c8ccccc8-c8ccccc8)cc7oc6c6ccccc56)cc4)n3)cc2)cc1. The second kappa shape index (κ2) is 14.5. The van der Waals surface area contributed by atoms with Gasteiger partial charge in [-0.2, -0.15) is 0 Å². The van der Waals surface area contributed by atoms with Crippen LogP contribution >= 0.6 is 0 Å². The molecule has 11 aromatic rings. The number of furan rings is 1. The lowest BCUT2D eigenvalue weighted by atomic mass is 9.93. The minimum absolute atomic E-state index is 0.623. The molecule has 0 unspecified atom stereocenters. The second-order valence-electron chi connectivity index (χ2n) is 14.8. The van der Waals surface area contributed by atoms with Crippen molar-refractivity contribution >= 4 is 32.7 Å². The van der Waals surface area contributed by atoms with Crippen molar-refractivity contribution in [2.75, 3.05) is 0 Å². The lowest BCUT2D eigenvalue weighted by molar-refractivity contribution is 0.673. The molecule has 9 aromatic carbocycles. The summed E-state index contributed by atoms with van der Waals surface area (Å²) < 4.78 is 6.74. The zero-order valence-corrected chi connectivity index (χ0v) is 32.0. The largest absolute Gasteiger partial charge is 0.455 e. The predicted octanol–water partition coefficient (Wildman–Crippen LogP) is 14.6. The van der Waals surface area contributed by atoms with Crippen molar-refractivity contribution < 1.29 is 4.42 Å². The molecule has 276 valence electrons. The van der Waals surface area contributed by atoms with Crippen LogP contribution in [0.15, 0.2) is 217 Å². The molecule has 0 aliphatic rings. The van der Waals surface area contributed by atoms with Crippen molar-refractivity contribution in [2.45, 2.75) is 0 Å². The summed E-state index contributed by atoms with van der Waals surface area (Å²) in [4.78, 5) is 15.0. The number of benzene rings is 9. The first-order chi connectivity index (χ1) is 29.2. The van der Waals surface area contributed by atoms with E-state index < -0.39 is 0 Å². The molecule has 59 heavy (non-hydrogen) atoms. The predicted molar refractivity (Wildman–Crippen MR) is 243 cm³/mol. The number of rotatable bonds is 7. The van der Waals surface area contributed by atoms with Crippen LogP contribution in [0.1, 0.15) is 0 Å². The molecule has 0 saturated heterocycles. The minimum atomic E-state index is 0.623. The molecule has 2 aromatic heterocycles. The third kappa shape index (κ3) is 6.34. The Hall–Kier alpha value is -7.95. The van der Waals surface area contributed by atoms with Crippen molar-refractivity contribution in [3.63, 3.8) is 0 Å². The Morgan fingerprint density at radius 3 is 1.27 bits per heavy atom. The first-order valence-electron chi connectivity index (χ1n) is 19.8. The van der Waals surface area contributed by atoms with Crippen LogP contribution in [-0.2, 0) is 0 Å². The Labute approximate surface area is 341 Å². The van der Waals surface area contributed by atoms with Gasteiger partial charge >= 0.3 is 0 Å². The van der Waals surface area contributed by atoms with Crippen LogP contribution < -0.4 is 0 Å². The van der Waals surface area contributed by atoms with Crippen LogP contribution in [0, 0.1) is 0 Å². The van der Waals surface area contributed by atoms with Crippen LogP contribution in [0.5, 0.6) is 0 Å². The average molecular weight is 754 g/mol. The van der Waals surface area contributed by atoms with Gasteiger partial charge in [0.1, 0.15) is 11.2 Å². The summed E-state index contributed by atoms with van der Waals surface area (Å²) in [5, 5.41) is 4.40. The molecule has 0 amide bonds. The Morgan fingerprint density at radius 1 is 0.254 bits per heavy atom. The van der Waals surface area contributed by atoms with Crippen molar-refractivity contribution in [1.29, 1.82) is 0 Å². The van der Waals surface area contributed by atoms with Crippen molar-refractivity contribution in [3.8, 4) is 78.7 Å². The van der Waals surface area contributed by atoms with Crippen molar-refractivity contribution in [1.82, 2.24) is 15.0 Å². The van der Waals surface area contributed by atoms with E-state index in [1.54, 1.807) is 0 Å². The van der Waals surface area contributed by atoms with Gasteiger partial charge in [-0.25, -0.2) is 15.0 Å². The van der Waals surface area contributed by atoms with Gasteiger partial charge in [-0.15, -0.1) is 0 Å². The van der Waals surface area contributed by atoms with E-state index in [1.807, 2.05) is 36.4 Å². The highest BCUT2D eigenvalue weighted by Crippen LogP contribution is 2.42. The van der Waals surface area contributed by atoms with Crippen molar-refractivity contribution in [3.05, 3.63) is 212 Å². The first kappa shape index (κ1) is 34.3. The maximum atomic E-state index is 6.74. The van der Waals surface area contributed by atoms with Gasteiger partial charge in [0.05, 0.1) is 0 Å².